The summed E-state index contributed by atoms with van der Waals surface area (Å²) in [6, 6.07) is 11.4. The van der Waals surface area contributed by atoms with Gasteiger partial charge < -0.3 is 24.3 Å². The minimum Gasteiger partial charge on any atom is -0.494 e. The van der Waals surface area contributed by atoms with Crippen LogP contribution in [0.1, 0.15) is 76.8 Å². The minimum atomic E-state index is -1.01. The standard InChI is InChI=1S/C33H37N3O8S/c1-5-7-16-43-23-12-10-22(11-13-23)32(39)44-25-15-9-21(18-26(25)41-4)19-34-36-30(38)29(37)35-31-28(33(40)42-6-2)24-14-8-20(3)17-27(24)45-31/h9-13,15,18-20H,5-8,14,16-17H2,1-4H3,(H,35,37)(H,36,38). The summed E-state index contributed by atoms with van der Waals surface area (Å²) in [5.41, 5.74) is 4.23. The van der Waals surface area contributed by atoms with Gasteiger partial charge in [0.15, 0.2) is 11.5 Å². The topological polar surface area (TPSA) is 142 Å². The molecule has 0 fully saturated rings. The minimum absolute atomic E-state index is 0.191. The van der Waals surface area contributed by atoms with Gasteiger partial charge in [0.25, 0.3) is 0 Å². The van der Waals surface area contributed by atoms with Crippen molar-refractivity contribution in [2.75, 3.05) is 25.6 Å². The average Bonchev–Trinajstić information content (AvgIpc) is 3.38. The number of benzene rings is 2. The molecule has 12 heteroatoms. The Morgan fingerprint density at radius 2 is 1.80 bits per heavy atom. The number of ether oxygens (including phenoxy) is 4. The highest BCUT2D eigenvalue weighted by Crippen LogP contribution is 2.40. The Balaban J connectivity index is 1.36. The number of hydrogen-bond donors (Lipinski definition) is 2. The highest BCUT2D eigenvalue weighted by atomic mass is 32.1. The first-order chi connectivity index (χ1) is 21.7. The van der Waals surface area contributed by atoms with Crippen LogP contribution in [0.3, 0.4) is 0 Å². The Labute approximate surface area is 265 Å². The van der Waals surface area contributed by atoms with E-state index in [-0.39, 0.29) is 18.1 Å². The molecule has 1 unspecified atom stereocenters. The van der Waals surface area contributed by atoms with Crippen molar-refractivity contribution in [2.45, 2.75) is 52.9 Å². The fourth-order valence-electron chi connectivity index (χ4n) is 4.66. The Morgan fingerprint density at radius 3 is 2.51 bits per heavy atom. The molecule has 4 rings (SSSR count). The maximum absolute atomic E-state index is 12.7. The lowest BCUT2D eigenvalue weighted by Gasteiger charge is -2.18. The number of hydrogen-bond acceptors (Lipinski definition) is 10. The molecule has 1 aliphatic carbocycles. The van der Waals surface area contributed by atoms with Crippen molar-refractivity contribution in [3.8, 4) is 17.2 Å². The number of methoxy groups -OCH3 is 1. The zero-order chi connectivity index (χ0) is 32.3. The molecule has 1 aliphatic rings. The molecule has 2 N–H and O–H groups in total. The van der Waals surface area contributed by atoms with Gasteiger partial charge in [-0.25, -0.2) is 15.0 Å². The van der Waals surface area contributed by atoms with Crippen LogP contribution in [0.15, 0.2) is 47.6 Å². The van der Waals surface area contributed by atoms with E-state index in [1.807, 2.05) is 0 Å². The van der Waals surface area contributed by atoms with Gasteiger partial charge in [0.1, 0.15) is 10.8 Å². The quantitative estimate of drug-likeness (QED) is 0.0660. The van der Waals surface area contributed by atoms with Crippen LogP contribution in [0.25, 0.3) is 0 Å². The molecule has 0 bridgehead atoms. The first-order valence-corrected chi connectivity index (χ1v) is 15.6. The predicted octanol–water partition coefficient (Wildman–Crippen LogP) is 5.55. The van der Waals surface area contributed by atoms with Gasteiger partial charge in [0, 0.05) is 4.88 Å². The second-order valence-corrected chi connectivity index (χ2v) is 11.6. The number of anilines is 1. The van der Waals surface area contributed by atoms with Gasteiger partial charge in [-0.2, -0.15) is 5.10 Å². The summed E-state index contributed by atoms with van der Waals surface area (Å²) in [5, 5.41) is 6.72. The molecule has 45 heavy (non-hydrogen) atoms. The van der Waals surface area contributed by atoms with Crippen molar-refractivity contribution in [3.05, 3.63) is 69.6 Å². The molecule has 3 aromatic rings. The second kappa shape index (κ2) is 15.8. The summed E-state index contributed by atoms with van der Waals surface area (Å²) in [7, 11) is 1.43. The number of rotatable bonds is 12. The Kier molecular flexibility index (Phi) is 11.7. The number of hydrazone groups is 1. The van der Waals surface area contributed by atoms with Crippen LogP contribution in [-0.2, 0) is 27.2 Å². The lowest BCUT2D eigenvalue weighted by molar-refractivity contribution is -0.136. The highest BCUT2D eigenvalue weighted by Gasteiger charge is 2.30. The lowest BCUT2D eigenvalue weighted by atomic mass is 9.88. The van der Waals surface area contributed by atoms with Gasteiger partial charge in [-0.3, -0.25) is 9.59 Å². The number of nitrogens with zero attached hydrogens (tertiary/aromatic N) is 1. The summed E-state index contributed by atoms with van der Waals surface area (Å²) in [5.74, 6) is -1.49. The summed E-state index contributed by atoms with van der Waals surface area (Å²) in [4.78, 5) is 51.6. The van der Waals surface area contributed by atoms with Crippen LogP contribution in [0.2, 0.25) is 0 Å². The van der Waals surface area contributed by atoms with E-state index in [1.54, 1.807) is 43.3 Å². The molecule has 0 radical (unpaired) electrons. The predicted molar refractivity (Wildman–Crippen MR) is 171 cm³/mol. The van der Waals surface area contributed by atoms with Gasteiger partial charge in [-0.05, 0) is 92.1 Å². The third kappa shape index (κ3) is 8.69. The SMILES string of the molecule is CCCCOc1ccc(C(=O)Oc2ccc(C=NNC(=O)C(=O)Nc3sc4c(c3C(=O)OCC)CCC(C)C4)cc2OC)cc1. The highest BCUT2D eigenvalue weighted by molar-refractivity contribution is 7.17. The molecule has 0 aliphatic heterocycles. The first kappa shape index (κ1) is 33.2. The number of fused-ring (bicyclic) bond motifs is 1. The van der Waals surface area contributed by atoms with Crippen LogP contribution in [-0.4, -0.2) is 50.3 Å². The van der Waals surface area contributed by atoms with E-state index in [2.05, 4.69) is 29.7 Å². The molecule has 1 heterocycles. The van der Waals surface area contributed by atoms with Crippen LogP contribution < -0.4 is 25.0 Å². The Morgan fingerprint density at radius 1 is 1.02 bits per heavy atom. The normalized spacial score (nSPS) is 13.9. The third-order valence-corrected chi connectivity index (χ3v) is 8.22. The number of carbonyl (C=O) groups is 4. The maximum atomic E-state index is 12.7. The lowest BCUT2D eigenvalue weighted by Crippen LogP contribution is -2.32. The van der Waals surface area contributed by atoms with Gasteiger partial charge in [-0.15, -0.1) is 11.3 Å². The van der Waals surface area contributed by atoms with Crippen molar-refractivity contribution >= 4 is 46.3 Å². The van der Waals surface area contributed by atoms with Crippen molar-refractivity contribution in [1.29, 1.82) is 0 Å². The monoisotopic (exact) mass is 635 g/mol. The first-order valence-electron chi connectivity index (χ1n) is 14.8. The van der Waals surface area contributed by atoms with Crippen molar-refractivity contribution in [3.63, 3.8) is 0 Å². The number of unbranched alkanes of at least 4 members (excludes halogenated alkanes) is 1. The van der Waals surface area contributed by atoms with Crippen LogP contribution in [0.4, 0.5) is 5.00 Å². The molecule has 2 aromatic carbocycles. The summed E-state index contributed by atoms with van der Waals surface area (Å²) in [6.07, 6.45) is 5.71. The molecular weight excluding hydrogens is 598 g/mol. The van der Waals surface area contributed by atoms with Crippen molar-refractivity contribution in [1.82, 2.24) is 5.43 Å². The van der Waals surface area contributed by atoms with Gasteiger partial charge >= 0.3 is 23.8 Å². The van der Waals surface area contributed by atoms with Crippen LogP contribution in [0.5, 0.6) is 17.2 Å². The third-order valence-electron chi connectivity index (χ3n) is 7.05. The summed E-state index contributed by atoms with van der Waals surface area (Å²) < 4.78 is 21.7. The maximum Gasteiger partial charge on any atom is 0.343 e. The molecule has 2 amide bonds. The molecule has 11 nitrogen and oxygen atoms in total. The molecule has 238 valence electrons. The molecule has 1 atom stereocenters. The smallest absolute Gasteiger partial charge is 0.343 e. The van der Waals surface area contributed by atoms with E-state index in [1.165, 1.54) is 30.7 Å². The van der Waals surface area contributed by atoms with Crippen LogP contribution >= 0.6 is 11.3 Å². The molecule has 1 aromatic heterocycles. The molecule has 0 saturated heterocycles. The van der Waals surface area contributed by atoms with E-state index in [4.69, 9.17) is 18.9 Å². The van der Waals surface area contributed by atoms with E-state index in [0.717, 1.165) is 36.1 Å². The van der Waals surface area contributed by atoms with Gasteiger partial charge in [0.05, 0.1) is 37.7 Å². The number of amides is 2. The average molecular weight is 636 g/mol. The molecule has 0 saturated carbocycles. The van der Waals surface area contributed by atoms with E-state index in [9.17, 15) is 19.2 Å². The Hall–Kier alpha value is -4.71. The van der Waals surface area contributed by atoms with Gasteiger partial charge in [0.2, 0.25) is 0 Å². The molecule has 0 spiro atoms. The molecular formula is C33H37N3O8S. The van der Waals surface area contributed by atoms with Crippen molar-refractivity contribution < 1.29 is 38.1 Å². The Bertz CT molecular complexity index is 1560. The summed E-state index contributed by atoms with van der Waals surface area (Å²) >= 11 is 1.29. The zero-order valence-corrected chi connectivity index (χ0v) is 26.6. The largest absolute Gasteiger partial charge is 0.494 e. The van der Waals surface area contributed by atoms with Crippen LogP contribution in [0, 0.1) is 5.92 Å². The number of nitrogens with one attached hydrogen (secondary N) is 2. The van der Waals surface area contributed by atoms with E-state index in [0.29, 0.717) is 46.4 Å². The van der Waals surface area contributed by atoms with E-state index >= 15 is 0 Å². The van der Waals surface area contributed by atoms with E-state index < -0.39 is 23.8 Å². The fraction of sp³-hybridized carbons (Fsp3) is 0.364. The van der Waals surface area contributed by atoms with Gasteiger partial charge in [-0.1, -0.05) is 20.3 Å². The van der Waals surface area contributed by atoms with Crippen molar-refractivity contribution in [2.24, 2.45) is 11.0 Å². The number of thiophene rings is 1. The fourth-order valence-corrected chi connectivity index (χ4v) is 6.06. The number of esters is 2. The summed E-state index contributed by atoms with van der Waals surface area (Å²) in [6.45, 7) is 6.73. The number of carbonyl (C=O) groups excluding carboxylic acids is 4. The zero-order valence-electron chi connectivity index (χ0n) is 25.8. The second-order valence-electron chi connectivity index (χ2n) is 10.5.